The SMILES string of the molecule is CC(C)CN1CCCNC(CC(=O)O)C1=O. The lowest BCUT2D eigenvalue weighted by Gasteiger charge is -2.25. The number of carboxylic acids is 1. The topological polar surface area (TPSA) is 69.6 Å². The Balaban J connectivity index is 2.64. The highest BCUT2D eigenvalue weighted by Crippen LogP contribution is 2.08. The highest BCUT2D eigenvalue weighted by atomic mass is 16.4. The van der Waals surface area contributed by atoms with Crippen LogP contribution in [-0.4, -0.2) is 47.6 Å². The van der Waals surface area contributed by atoms with E-state index in [0.29, 0.717) is 19.0 Å². The fraction of sp³-hybridized carbons (Fsp3) is 0.818. The molecule has 5 nitrogen and oxygen atoms in total. The van der Waals surface area contributed by atoms with Crippen LogP contribution >= 0.6 is 0 Å². The molecule has 1 saturated heterocycles. The average Bonchev–Trinajstić information content (AvgIpc) is 2.31. The Morgan fingerprint density at radius 3 is 2.88 bits per heavy atom. The van der Waals surface area contributed by atoms with E-state index < -0.39 is 12.0 Å². The third-order valence-corrected chi connectivity index (χ3v) is 2.57. The van der Waals surface area contributed by atoms with Crippen molar-refractivity contribution in [2.75, 3.05) is 19.6 Å². The molecule has 1 aliphatic rings. The monoisotopic (exact) mass is 228 g/mol. The summed E-state index contributed by atoms with van der Waals surface area (Å²) >= 11 is 0. The Labute approximate surface area is 95.8 Å². The van der Waals surface area contributed by atoms with Gasteiger partial charge in [-0.05, 0) is 18.9 Å². The fourth-order valence-corrected chi connectivity index (χ4v) is 1.92. The molecular formula is C11H20N2O3. The van der Waals surface area contributed by atoms with Gasteiger partial charge in [0.25, 0.3) is 0 Å². The molecule has 0 spiro atoms. The molecule has 1 heterocycles. The predicted octanol–water partition coefficient (Wildman–Crippen LogP) is 0.308. The van der Waals surface area contributed by atoms with E-state index in [1.54, 1.807) is 4.90 Å². The van der Waals surface area contributed by atoms with Crippen LogP contribution in [0.1, 0.15) is 26.7 Å². The van der Waals surface area contributed by atoms with Crippen molar-refractivity contribution in [2.45, 2.75) is 32.7 Å². The summed E-state index contributed by atoms with van der Waals surface area (Å²) in [5, 5.41) is 11.7. The number of carbonyl (C=O) groups excluding carboxylic acids is 1. The van der Waals surface area contributed by atoms with Crippen molar-refractivity contribution >= 4 is 11.9 Å². The van der Waals surface area contributed by atoms with E-state index in [4.69, 9.17) is 5.11 Å². The first kappa shape index (κ1) is 13.0. The maximum absolute atomic E-state index is 12.0. The van der Waals surface area contributed by atoms with Gasteiger partial charge in [-0.3, -0.25) is 9.59 Å². The third-order valence-electron chi connectivity index (χ3n) is 2.57. The van der Waals surface area contributed by atoms with Crippen LogP contribution in [0.3, 0.4) is 0 Å². The molecule has 0 radical (unpaired) electrons. The highest BCUT2D eigenvalue weighted by Gasteiger charge is 2.28. The minimum atomic E-state index is -0.933. The molecule has 1 amide bonds. The normalized spacial score (nSPS) is 22.3. The molecule has 1 atom stereocenters. The lowest BCUT2D eigenvalue weighted by atomic mass is 10.1. The van der Waals surface area contributed by atoms with E-state index in [2.05, 4.69) is 19.2 Å². The van der Waals surface area contributed by atoms with Crippen molar-refractivity contribution in [1.82, 2.24) is 10.2 Å². The predicted molar refractivity (Wildman–Crippen MR) is 60.1 cm³/mol. The molecule has 92 valence electrons. The van der Waals surface area contributed by atoms with Crippen molar-refractivity contribution in [1.29, 1.82) is 0 Å². The molecule has 0 aliphatic carbocycles. The number of hydrogen-bond donors (Lipinski definition) is 2. The molecular weight excluding hydrogens is 208 g/mol. The minimum Gasteiger partial charge on any atom is -0.481 e. The molecule has 1 rings (SSSR count). The number of nitrogens with zero attached hydrogens (tertiary/aromatic N) is 1. The lowest BCUT2D eigenvalue weighted by molar-refractivity contribution is -0.142. The summed E-state index contributed by atoms with van der Waals surface area (Å²) in [6, 6.07) is -0.557. The van der Waals surface area contributed by atoms with Gasteiger partial charge in [0.05, 0.1) is 12.5 Å². The zero-order valence-corrected chi connectivity index (χ0v) is 9.90. The van der Waals surface area contributed by atoms with Crippen molar-refractivity contribution in [3.8, 4) is 0 Å². The van der Waals surface area contributed by atoms with E-state index in [1.807, 2.05) is 0 Å². The van der Waals surface area contributed by atoms with Crippen LogP contribution in [0.25, 0.3) is 0 Å². The summed E-state index contributed by atoms with van der Waals surface area (Å²) in [5.74, 6) is -0.599. The summed E-state index contributed by atoms with van der Waals surface area (Å²) in [6.07, 6.45) is 0.752. The number of carboxylic acid groups (broad SMARTS) is 1. The molecule has 1 unspecified atom stereocenters. The maximum atomic E-state index is 12.0. The molecule has 5 heteroatoms. The van der Waals surface area contributed by atoms with Crippen molar-refractivity contribution in [2.24, 2.45) is 5.92 Å². The summed E-state index contributed by atoms with van der Waals surface area (Å²) < 4.78 is 0. The molecule has 16 heavy (non-hydrogen) atoms. The van der Waals surface area contributed by atoms with E-state index in [-0.39, 0.29) is 12.3 Å². The Hall–Kier alpha value is -1.10. The van der Waals surface area contributed by atoms with E-state index in [9.17, 15) is 9.59 Å². The van der Waals surface area contributed by atoms with Crippen LogP contribution in [-0.2, 0) is 9.59 Å². The first-order chi connectivity index (χ1) is 7.50. The van der Waals surface area contributed by atoms with Crippen LogP contribution in [0.4, 0.5) is 0 Å². The zero-order chi connectivity index (χ0) is 12.1. The van der Waals surface area contributed by atoms with Gasteiger partial charge in [0.15, 0.2) is 0 Å². The fourth-order valence-electron chi connectivity index (χ4n) is 1.92. The van der Waals surface area contributed by atoms with Crippen molar-refractivity contribution in [3.63, 3.8) is 0 Å². The third kappa shape index (κ3) is 3.81. The number of amides is 1. The van der Waals surface area contributed by atoms with E-state index in [0.717, 1.165) is 13.0 Å². The van der Waals surface area contributed by atoms with Gasteiger partial charge in [0.2, 0.25) is 5.91 Å². The summed E-state index contributed by atoms with van der Waals surface area (Å²) in [4.78, 5) is 24.4. The van der Waals surface area contributed by atoms with E-state index >= 15 is 0 Å². The molecule has 1 fully saturated rings. The van der Waals surface area contributed by atoms with Crippen molar-refractivity contribution < 1.29 is 14.7 Å². The molecule has 0 aromatic heterocycles. The zero-order valence-electron chi connectivity index (χ0n) is 9.90. The van der Waals surface area contributed by atoms with Crippen LogP contribution in [0.2, 0.25) is 0 Å². The van der Waals surface area contributed by atoms with Crippen LogP contribution in [0.5, 0.6) is 0 Å². The number of rotatable bonds is 4. The smallest absolute Gasteiger partial charge is 0.305 e. The summed E-state index contributed by atoms with van der Waals surface area (Å²) in [6.45, 7) is 6.24. The Bertz CT molecular complexity index is 266. The molecule has 0 bridgehead atoms. The number of carbonyl (C=O) groups is 2. The van der Waals surface area contributed by atoms with Crippen molar-refractivity contribution in [3.05, 3.63) is 0 Å². The number of aliphatic carboxylic acids is 1. The molecule has 2 N–H and O–H groups in total. The Morgan fingerprint density at radius 1 is 1.62 bits per heavy atom. The Kier molecular flexibility index (Phi) is 4.73. The van der Waals surface area contributed by atoms with Crippen LogP contribution in [0, 0.1) is 5.92 Å². The van der Waals surface area contributed by atoms with Gasteiger partial charge >= 0.3 is 5.97 Å². The van der Waals surface area contributed by atoms with Gasteiger partial charge in [-0.2, -0.15) is 0 Å². The maximum Gasteiger partial charge on any atom is 0.305 e. The van der Waals surface area contributed by atoms with Gasteiger partial charge < -0.3 is 15.3 Å². The number of nitrogens with one attached hydrogen (secondary N) is 1. The lowest BCUT2D eigenvalue weighted by Crippen LogP contribution is -2.45. The second-order valence-electron chi connectivity index (χ2n) is 4.64. The molecule has 0 saturated carbocycles. The minimum absolute atomic E-state index is 0.0754. The van der Waals surface area contributed by atoms with Gasteiger partial charge in [-0.15, -0.1) is 0 Å². The van der Waals surface area contributed by atoms with Crippen LogP contribution in [0.15, 0.2) is 0 Å². The van der Waals surface area contributed by atoms with E-state index in [1.165, 1.54) is 0 Å². The van der Waals surface area contributed by atoms with Gasteiger partial charge in [0.1, 0.15) is 0 Å². The highest BCUT2D eigenvalue weighted by molar-refractivity contribution is 5.86. The van der Waals surface area contributed by atoms with Gasteiger partial charge in [0, 0.05) is 13.1 Å². The summed E-state index contributed by atoms with van der Waals surface area (Å²) in [5.41, 5.74) is 0. The second-order valence-corrected chi connectivity index (χ2v) is 4.64. The Morgan fingerprint density at radius 2 is 2.31 bits per heavy atom. The quantitative estimate of drug-likeness (QED) is 0.726. The van der Waals surface area contributed by atoms with Gasteiger partial charge in [-0.25, -0.2) is 0 Å². The largest absolute Gasteiger partial charge is 0.481 e. The first-order valence-electron chi connectivity index (χ1n) is 5.74. The van der Waals surface area contributed by atoms with Crippen LogP contribution < -0.4 is 5.32 Å². The first-order valence-corrected chi connectivity index (χ1v) is 5.74. The molecule has 0 aromatic carbocycles. The second kappa shape index (κ2) is 5.84. The molecule has 1 aliphatic heterocycles. The molecule has 0 aromatic rings. The summed E-state index contributed by atoms with van der Waals surface area (Å²) in [7, 11) is 0. The number of hydrogen-bond acceptors (Lipinski definition) is 3. The average molecular weight is 228 g/mol. The standard InChI is InChI=1S/C11H20N2O3/c1-8(2)7-13-5-3-4-12-9(11(13)16)6-10(14)15/h8-9,12H,3-7H2,1-2H3,(H,14,15). The van der Waals surface area contributed by atoms with Gasteiger partial charge in [-0.1, -0.05) is 13.8 Å².